The van der Waals surface area contributed by atoms with Crippen molar-refractivity contribution in [2.45, 2.75) is 64.5 Å². The van der Waals surface area contributed by atoms with E-state index in [1.807, 2.05) is 20.8 Å². The van der Waals surface area contributed by atoms with Crippen LogP contribution in [0.2, 0.25) is 0 Å². The van der Waals surface area contributed by atoms with E-state index in [1.165, 1.54) is 17.0 Å². The zero-order chi connectivity index (χ0) is 17.3. The third-order valence-electron chi connectivity index (χ3n) is 4.45. The number of cyclic esters (lactones) is 1. The number of carbonyl (C=O) groups excluding carboxylic acids is 1. The second-order valence-electron chi connectivity index (χ2n) is 7.02. The van der Waals surface area contributed by atoms with E-state index in [0.29, 0.717) is 25.1 Å². The van der Waals surface area contributed by atoms with Gasteiger partial charge in [-0.05, 0) is 45.2 Å². The average Bonchev–Trinajstić information content (AvgIpc) is 2.45. The number of benzene rings is 1. The normalized spacial score (nSPS) is 21.1. The van der Waals surface area contributed by atoms with Gasteiger partial charge < -0.3 is 10.5 Å². The molecule has 0 fully saturated rings. The van der Waals surface area contributed by atoms with Gasteiger partial charge in [-0.2, -0.15) is 0 Å². The first-order valence-electron chi connectivity index (χ1n) is 8.32. The maximum absolute atomic E-state index is 13.8. The topological polar surface area (TPSA) is 55.6 Å². The van der Waals surface area contributed by atoms with Gasteiger partial charge in [0.15, 0.2) is 0 Å². The summed E-state index contributed by atoms with van der Waals surface area (Å²) in [5.74, 6) is -0.350. The number of ether oxygens (including phenoxy) is 1. The molecule has 0 saturated carbocycles. The minimum Gasteiger partial charge on any atom is -0.438 e. The van der Waals surface area contributed by atoms with Crippen LogP contribution in [-0.2, 0) is 10.3 Å². The van der Waals surface area contributed by atoms with Crippen LogP contribution in [-0.4, -0.2) is 18.2 Å². The van der Waals surface area contributed by atoms with Crippen molar-refractivity contribution in [3.8, 4) is 0 Å². The van der Waals surface area contributed by atoms with E-state index in [2.05, 4.69) is 6.92 Å². The van der Waals surface area contributed by atoms with Gasteiger partial charge in [-0.3, -0.25) is 4.90 Å². The predicted molar refractivity (Wildman–Crippen MR) is 90.0 cm³/mol. The molecule has 5 heteroatoms. The molecule has 23 heavy (non-hydrogen) atoms. The number of amides is 1. The number of nitrogens with two attached hydrogens (primary N) is 1. The van der Waals surface area contributed by atoms with Gasteiger partial charge >= 0.3 is 6.09 Å². The molecule has 0 bridgehead atoms. The summed E-state index contributed by atoms with van der Waals surface area (Å²) in [5.41, 5.74) is 6.45. The molecule has 1 aliphatic rings. The summed E-state index contributed by atoms with van der Waals surface area (Å²) in [5, 5.41) is 0. The fraction of sp³-hybridized carbons (Fsp3) is 0.611. The van der Waals surface area contributed by atoms with Gasteiger partial charge in [0, 0.05) is 17.6 Å². The van der Waals surface area contributed by atoms with Crippen LogP contribution in [0, 0.1) is 5.82 Å². The fourth-order valence-electron chi connectivity index (χ4n) is 3.13. The molecule has 0 spiro atoms. The fourth-order valence-corrected chi connectivity index (χ4v) is 3.13. The highest BCUT2D eigenvalue weighted by molar-refractivity contribution is 5.91. The standard InChI is InChI=1S/C18H27FN2O2/c1-5-9-18(6-2)14-8-7-13(19)12-15(14)21(16(22)23-18)11-10-17(3,4)20/h7-8,12H,5-6,9-11,20H2,1-4H3. The number of halogens is 1. The lowest BCUT2D eigenvalue weighted by atomic mass is 9.84. The minimum atomic E-state index is -0.663. The van der Waals surface area contributed by atoms with E-state index >= 15 is 0 Å². The Morgan fingerprint density at radius 2 is 2.04 bits per heavy atom. The van der Waals surface area contributed by atoms with Crippen LogP contribution in [0.3, 0.4) is 0 Å². The highest BCUT2D eigenvalue weighted by Gasteiger charge is 2.43. The Balaban J connectivity index is 2.46. The Kier molecular flexibility index (Phi) is 4.99. The molecule has 0 aromatic heterocycles. The molecule has 128 valence electrons. The number of fused-ring (bicyclic) bond motifs is 1. The Morgan fingerprint density at radius 1 is 1.35 bits per heavy atom. The Labute approximate surface area is 137 Å². The monoisotopic (exact) mass is 322 g/mol. The van der Waals surface area contributed by atoms with E-state index in [9.17, 15) is 9.18 Å². The molecule has 1 aromatic rings. The lowest BCUT2D eigenvalue weighted by Gasteiger charge is -2.42. The van der Waals surface area contributed by atoms with Gasteiger partial charge in [-0.1, -0.05) is 26.3 Å². The van der Waals surface area contributed by atoms with Crippen molar-refractivity contribution in [2.24, 2.45) is 5.73 Å². The SMILES string of the molecule is CCCC1(CC)OC(=O)N(CCC(C)(C)N)c2cc(F)ccc21. The third-order valence-corrected chi connectivity index (χ3v) is 4.45. The summed E-state index contributed by atoms with van der Waals surface area (Å²) < 4.78 is 19.6. The molecular weight excluding hydrogens is 295 g/mol. The van der Waals surface area contributed by atoms with Crippen LogP contribution in [0.1, 0.15) is 58.9 Å². The first-order valence-corrected chi connectivity index (χ1v) is 8.32. The second kappa shape index (κ2) is 6.48. The average molecular weight is 322 g/mol. The number of rotatable bonds is 6. The maximum Gasteiger partial charge on any atom is 0.415 e. The van der Waals surface area contributed by atoms with Gasteiger partial charge in [-0.15, -0.1) is 0 Å². The first-order chi connectivity index (χ1) is 10.7. The molecule has 2 rings (SSSR count). The van der Waals surface area contributed by atoms with Crippen LogP contribution in [0.15, 0.2) is 18.2 Å². The molecule has 2 N–H and O–H groups in total. The predicted octanol–water partition coefficient (Wildman–Crippen LogP) is 4.32. The van der Waals surface area contributed by atoms with Gasteiger partial charge in [0.2, 0.25) is 0 Å². The molecule has 1 amide bonds. The molecule has 4 nitrogen and oxygen atoms in total. The lowest BCUT2D eigenvalue weighted by molar-refractivity contribution is -0.00556. The van der Waals surface area contributed by atoms with E-state index in [-0.39, 0.29) is 5.82 Å². The number of hydrogen-bond acceptors (Lipinski definition) is 3. The minimum absolute atomic E-state index is 0.350. The Hall–Kier alpha value is -1.62. The highest BCUT2D eigenvalue weighted by atomic mass is 19.1. The van der Waals surface area contributed by atoms with Crippen LogP contribution >= 0.6 is 0 Å². The van der Waals surface area contributed by atoms with Crippen molar-refractivity contribution in [3.05, 3.63) is 29.6 Å². The molecule has 1 atom stereocenters. The molecule has 1 aromatic carbocycles. The number of nitrogens with zero attached hydrogens (tertiary/aromatic N) is 1. The molecule has 1 heterocycles. The lowest BCUT2D eigenvalue weighted by Crippen LogP contribution is -2.48. The van der Waals surface area contributed by atoms with Gasteiger partial charge in [0.25, 0.3) is 0 Å². The molecular formula is C18H27FN2O2. The summed E-state index contributed by atoms with van der Waals surface area (Å²) in [7, 11) is 0. The van der Waals surface area contributed by atoms with E-state index in [0.717, 1.165) is 18.4 Å². The zero-order valence-electron chi connectivity index (χ0n) is 14.5. The number of carbonyl (C=O) groups is 1. The van der Waals surface area contributed by atoms with E-state index < -0.39 is 17.2 Å². The third kappa shape index (κ3) is 3.66. The van der Waals surface area contributed by atoms with Gasteiger partial charge in [0.1, 0.15) is 11.4 Å². The molecule has 0 saturated heterocycles. The Morgan fingerprint density at radius 3 is 2.61 bits per heavy atom. The summed E-state index contributed by atoms with van der Waals surface area (Å²) in [6.45, 7) is 8.27. The van der Waals surface area contributed by atoms with Gasteiger partial charge in [0.05, 0.1) is 5.69 Å². The van der Waals surface area contributed by atoms with Crippen molar-refractivity contribution in [2.75, 3.05) is 11.4 Å². The van der Waals surface area contributed by atoms with Crippen molar-refractivity contribution in [1.29, 1.82) is 0 Å². The molecule has 0 radical (unpaired) electrons. The summed E-state index contributed by atoms with van der Waals surface area (Å²) in [6.07, 6.45) is 2.47. The largest absolute Gasteiger partial charge is 0.438 e. The van der Waals surface area contributed by atoms with E-state index in [1.54, 1.807) is 6.07 Å². The summed E-state index contributed by atoms with van der Waals surface area (Å²) >= 11 is 0. The second-order valence-corrected chi connectivity index (χ2v) is 7.02. The van der Waals surface area contributed by atoms with E-state index in [4.69, 9.17) is 10.5 Å². The number of hydrogen-bond donors (Lipinski definition) is 1. The molecule has 1 unspecified atom stereocenters. The summed E-state index contributed by atoms with van der Waals surface area (Å²) in [4.78, 5) is 14.1. The van der Waals surface area contributed by atoms with Crippen LogP contribution in [0.4, 0.5) is 14.9 Å². The quantitative estimate of drug-likeness (QED) is 0.849. The first kappa shape index (κ1) is 17.7. The number of anilines is 1. The van der Waals surface area contributed by atoms with Crippen LogP contribution in [0.25, 0.3) is 0 Å². The van der Waals surface area contributed by atoms with Crippen LogP contribution in [0.5, 0.6) is 0 Å². The van der Waals surface area contributed by atoms with Crippen molar-refractivity contribution < 1.29 is 13.9 Å². The van der Waals surface area contributed by atoms with Crippen molar-refractivity contribution in [3.63, 3.8) is 0 Å². The summed E-state index contributed by atoms with van der Waals surface area (Å²) in [6, 6.07) is 4.61. The van der Waals surface area contributed by atoms with Crippen molar-refractivity contribution >= 4 is 11.8 Å². The highest BCUT2D eigenvalue weighted by Crippen LogP contribution is 2.44. The maximum atomic E-state index is 13.8. The van der Waals surface area contributed by atoms with Crippen molar-refractivity contribution in [1.82, 2.24) is 0 Å². The van der Waals surface area contributed by atoms with Crippen LogP contribution < -0.4 is 10.6 Å². The zero-order valence-corrected chi connectivity index (χ0v) is 14.5. The Bertz CT molecular complexity index is 583. The molecule has 1 aliphatic heterocycles. The van der Waals surface area contributed by atoms with Gasteiger partial charge in [-0.25, -0.2) is 9.18 Å². The smallest absolute Gasteiger partial charge is 0.415 e. The molecule has 0 aliphatic carbocycles.